The van der Waals surface area contributed by atoms with E-state index in [0.717, 1.165) is 49.9 Å². The van der Waals surface area contributed by atoms with Crippen LogP contribution in [-0.4, -0.2) is 37.9 Å². The van der Waals surface area contributed by atoms with Gasteiger partial charge in [0, 0.05) is 6.54 Å². The highest BCUT2D eigenvalue weighted by molar-refractivity contribution is 6.00. The molecule has 0 amide bonds. The molecule has 3 heteroatoms. The number of unbranched alkanes of at least 4 members (excludes halogenated alkanes) is 1. The molecule has 134 valence electrons. The summed E-state index contributed by atoms with van der Waals surface area (Å²) in [5.74, 6) is 0. The van der Waals surface area contributed by atoms with Crippen LogP contribution in [0.5, 0.6) is 0 Å². The molecular formula is C22H30N2O. The normalized spacial score (nSPS) is 11.7. The first kappa shape index (κ1) is 19.2. The molecule has 0 heterocycles. The fourth-order valence-corrected chi connectivity index (χ4v) is 2.71. The van der Waals surface area contributed by atoms with E-state index >= 15 is 0 Å². The first-order valence-corrected chi connectivity index (χ1v) is 9.18. The van der Waals surface area contributed by atoms with Crippen molar-refractivity contribution in [2.75, 3.05) is 27.2 Å². The Morgan fingerprint density at radius 3 is 2.24 bits per heavy atom. The van der Waals surface area contributed by atoms with Gasteiger partial charge in [0.15, 0.2) is 0 Å². The van der Waals surface area contributed by atoms with Gasteiger partial charge in [0.05, 0.1) is 5.71 Å². The van der Waals surface area contributed by atoms with Crippen molar-refractivity contribution in [3.05, 3.63) is 71.8 Å². The predicted molar refractivity (Wildman–Crippen MR) is 106 cm³/mol. The summed E-state index contributed by atoms with van der Waals surface area (Å²) in [6.45, 7) is 1.69. The van der Waals surface area contributed by atoms with Crippen LogP contribution in [0.2, 0.25) is 0 Å². The molecule has 0 fully saturated rings. The topological polar surface area (TPSA) is 24.8 Å². The molecule has 0 saturated carbocycles. The third kappa shape index (κ3) is 7.99. The molecule has 0 aliphatic rings. The summed E-state index contributed by atoms with van der Waals surface area (Å²) in [5, 5.41) is 4.43. The summed E-state index contributed by atoms with van der Waals surface area (Å²) in [7, 11) is 4.15. The van der Waals surface area contributed by atoms with E-state index in [1.165, 1.54) is 5.56 Å². The van der Waals surface area contributed by atoms with Gasteiger partial charge in [-0.25, -0.2) is 0 Å². The summed E-state index contributed by atoms with van der Waals surface area (Å²) >= 11 is 0. The van der Waals surface area contributed by atoms with Gasteiger partial charge in [-0.15, -0.1) is 0 Å². The molecule has 2 aromatic carbocycles. The molecule has 0 bridgehead atoms. The van der Waals surface area contributed by atoms with Gasteiger partial charge in [-0.3, -0.25) is 0 Å². The molecule has 2 aromatic rings. The van der Waals surface area contributed by atoms with Crippen molar-refractivity contribution in [1.29, 1.82) is 0 Å². The number of aryl methyl sites for hydroxylation is 1. The van der Waals surface area contributed by atoms with Crippen LogP contribution in [-0.2, 0) is 11.3 Å². The molecular weight excluding hydrogens is 308 g/mol. The second kappa shape index (κ2) is 11.4. The molecule has 25 heavy (non-hydrogen) atoms. The van der Waals surface area contributed by atoms with Crippen LogP contribution < -0.4 is 0 Å². The average Bonchev–Trinajstić information content (AvgIpc) is 2.64. The third-order valence-electron chi connectivity index (χ3n) is 4.09. The molecule has 0 aliphatic heterocycles. The molecule has 0 N–H and O–H groups in total. The van der Waals surface area contributed by atoms with Crippen LogP contribution in [0.25, 0.3) is 0 Å². The largest absolute Gasteiger partial charge is 0.396 e. The predicted octanol–water partition coefficient (Wildman–Crippen LogP) is 4.77. The van der Waals surface area contributed by atoms with Crippen molar-refractivity contribution in [2.24, 2.45) is 5.16 Å². The molecule has 0 radical (unpaired) electrons. The van der Waals surface area contributed by atoms with Gasteiger partial charge >= 0.3 is 0 Å². The van der Waals surface area contributed by atoms with Crippen molar-refractivity contribution in [2.45, 2.75) is 32.1 Å². The van der Waals surface area contributed by atoms with Crippen LogP contribution in [0, 0.1) is 0 Å². The minimum atomic E-state index is 0.665. The average molecular weight is 338 g/mol. The molecule has 0 saturated heterocycles. The van der Waals surface area contributed by atoms with E-state index in [-0.39, 0.29) is 0 Å². The summed E-state index contributed by atoms with van der Waals surface area (Å²) in [6, 6.07) is 21.0. The number of hydrogen-bond donors (Lipinski definition) is 0. The fourth-order valence-electron chi connectivity index (χ4n) is 2.71. The highest BCUT2D eigenvalue weighted by atomic mass is 16.6. The van der Waals surface area contributed by atoms with Gasteiger partial charge in [-0.2, -0.15) is 0 Å². The summed E-state index contributed by atoms with van der Waals surface area (Å²) in [5.41, 5.74) is 3.62. The van der Waals surface area contributed by atoms with Gasteiger partial charge < -0.3 is 9.74 Å². The van der Waals surface area contributed by atoms with E-state index in [2.05, 4.69) is 78.7 Å². The lowest BCUT2D eigenvalue weighted by Gasteiger charge is -2.10. The molecule has 0 atom stereocenters. The number of hydrogen-bond acceptors (Lipinski definition) is 3. The van der Waals surface area contributed by atoms with Gasteiger partial charge in [0.2, 0.25) is 0 Å². The lowest BCUT2D eigenvalue weighted by molar-refractivity contribution is 0.134. The van der Waals surface area contributed by atoms with Crippen LogP contribution in [0.1, 0.15) is 36.8 Å². The zero-order valence-electron chi connectivity index (χ0n) is 15.5. The summed E-state index contributed by atoms with van der Waals surface area (Å²) in [4.78, 5) is 7.74. The van der Waals surface area contributed by atoms with Crippen molar-refractivity contribution < 1.29 is 4.84 Å². The Kier molecular flexibility index (Phi) is 8.78. The maximum absolute atomic E-state index is 5.58. The Morgan fingerprint density at radius 2 is 1.56 bits per heavy atom. The minimum Gasteiger partial charge on any atom is -0.396 e. The standard InChI is InChI=1S/C22H30N2O/c1-24(2)18-11-19-25-23-22(21-15-7-4-8-16-21)17-10-9-14-20-12-5-3-6-13-20/h3-8,12-13,15-16H,9-11,14,17-19H2,1-2H3/b23-22+. The summed E-state index contributed by atoms with van der Waals surface area (Å²) < 4.78 is 0. The van der Waals surface area contributed by atoms with Crippen LogP contribution >= 0.6 is 0 Å². The van der Waals surface area contributed by atoms with E-state index in [1.54, 1.807) is 0 Å². The Labute approximate surface area is 152 Å². The van der Waals surface area contributed by atoms with Crippen LogP contribution in [0.15, 0.2) is 65.8 Å². The third-order valence-corrected chi connectivity index (χ3v) is 4.09. The van der Waals surface area contributed by atoms with E-state index in [9.17, 15) is 0 Å². The van der Waals surface area contributed by atoms with Crippen LogP contribution in [0.3, 0.4) is 0 Å². The van der Waals surface area contributed by atoms with Gasteiger partial charge in [-0.05, 0) is 57.3 Å². The maximum atomic E-state index is 5.58. The SMILES string of the molecule is CN(C)CCCO/N=C(\CCCCc1ccccc1)c1ccccc1. The highest BCUT2D eigenvalue weighted by Crippen LogP contribution is 2.11. The number of rotatable bonds is 11. The van der Waals surface area contributed by atoms with Crippen molar-refractivity contribution in [3.63, 3.8) is 0 Å². The highest BCUT2D eigenvalue weighted by Gasteiger charge is 2.05. The molecule has 2 rings (SSSR count). The van der Waals surface area contributed by atoms with E-state index in [4.69, 9.17) is 4.84 Å². The second-order valence-corrected chi connectivity index (χ2v) is 6.59. The second-order valence-electron chi connectivity index (χ2n) is 6.59. The van der Waals surface area contributed by atoms with Crippen LogP contribution in [0.4, 0.5) is 0 Å². The Balaban J connectivity index is 1.82. The molecule has 0 unspecified atom stereocenters. The number of benzene rings is 2. The first-order valence-electron chi connectivity index (χ1n) is 9.18. The van der Waals surface area contributed by atoms with Gasteiger partial charge in [-0.1, -0.05) is 65.8 Å². The van der Waals surface area contributed by atoms with E-state index < -0.39 is 0 Å². The van der Waals surface area contributed by atoms with Crippen molar-refractivity contribution >= 4 is 5.71 Å². The fraction of sp³-hybridized carbons (Fsp3) is 0.409. The number of oxime groups is 1. The Bertz CT molecular complexity index is 608. The lowest BCUT2D eigenvalue weighted by Crippen LogP contribution is -2.14. The molecule has 0 aliphatic carbocycles. The zero-order chi connectivity index (χ0) is 17.7. The Hall–Kier alpha value is -2.13. The minimum absolute atomic E-state index is 0.665. The lowest BCUT2D eigenvalue weighted by atomic mass is 10.0. The van der Waals surface area contributed by atoms with E-state index in [0.29, 0.717) is 6.61 Å². The number of nitrogens with zero attached hydrogens (tertiary/aromatic N) is 2. The molecule has 0 aromatic heterocycles. The quantitative estimate of drug-likeness (QED) is 0.335. The van der Waals surface area contributed by atoms with Gasteiger partial charge in [0.25, 0.3) is 0 Å². The maximum Gasteiger partial charge on any atom is 0.118 e. The molecule has 3 nitrogen and oxygen atoms in total. The van der Waals surface area contributed by atoms with Crippen molar-refractivity contribution in [1.82, 2.24) is 4.90 Å². The zero-order valence-corrected chi connectivity index (χ0v) is 15.5. The first-order chi connectivity index (χ1) is 12.3. The monoisotopic (exact) mass is 338 g/mol. The van der Waals surface area contributed by atoms with Gasteiger partial charge in [0.1, 0.15) is 6.61 Å². The summed E-state index contributed by atoms with van der Waals surface area (Å²) in [6.07, 6.45) is 5.34. The molecule has 0 spiro atoms. The Morgan fingerprint density at radius 1 is 0.880 bits per heavy atom. The van der Waals surface area contributed by atoms with Crippen molar-refractivity contribution in [3.8, 4) is 0 Å². The smallest absolute Gasteiger partial charge is 0.118 e. The van der Waals surface area contributed by atoms with E-state index in [1.807, 2.05) is 6.07 Å².